The van der Waals surface area contributed by atoms with E-state index in [0.717, 1.165) is 28.8 Å². The predicted molar refractivity (Wildman–Crippen MR) is 167 cm³/mol. The molecule has 1 aliphatic rings. The smallest absolute Gasteiger partial charge is 0.406 e. The molecular formula is C31H27F3N8O3S. The van der Waals surface area contributed by atoms with E-state index in [9.17, 15) is 22.8 Å². The SMILES string of the molecule is CC(=O)Nc1nnc(C2CCN(c3ccc(NC(=O)Cc4cc(OC(F)(F)F)cc(-c5ccc6ncccc6c5)c4)nn3)CC2)s1. The third-order valence-corrected chi connectivity index (χ3v) is 8.31. The van der Waals surface area contributed by atoms with Crippen LogP contribution in [0.2, 0.25) is 0 Å². The number of halogens is 3. The third-order valence-electron chi connectivity index (χ3n) is 7.31. The van der Waals surface area contributed by atoms with Gasteiger partial charge in [-0.3, -0.25) is 14.6 Å². The molecule has 236 valence electrons. The Morgan fingerprint density at radius 2 is 1.78 bits per heavy atom. The van der Waals surface area contributed by atoms with E-state index in [2.05, 4.69) is 45.6 Å². The number of ether oxygens (including phenoxy) is 1. The lowest BCUT2D eigenvalue weighted by Crippen LogP contribution is -2.33. The molecule has 0 unspecified atom stereocenters. The summed E-state index contributed by atoms with van der Waals surface area (Å²) < 4.78 is 43.6. The largest absolute Gasteiger partial charge is 0.573 e. The molecule has 2 aromatic carbocycles. The summed E-state index contributed by atoms with van der Waals surface area (Å²) in [5, 5.41) is 24.2. The van der Waals surface area contributed by atoms with Crippen LogP contribution in [0.4, 0.5) is 29.9 Å². The molecule has 46 heavy (non-hydrogen) atoms. The topological polar surface area (TPSA) is 135 Å². The standard InChI is InChI=1S/C31H27F3N8O3S/c1-18(43)36-30-41-40-29(46-30)20-8-11-42(12-9-20)27-7-6-26(38-39-27)37-28(44)15-19-13-23(17-24(14-19)45-31(32,33)34)21-4-5-25-22(16-21)3-2-10-35-25/h2-7,10,13-14,16-17,20H,8-9,11-12,15H2,1H3,(H,36,41,43)(H,37,38,44). The Labute approximate surface area is 264 Å². The predicted octanol–water partition coefficient (Wildman–Crippen LogP) is 5.97. The molecule has 5 aromatic rings. The van der Waals surface area contributed by atoms with E-state index in [0.29, 0.717) is 40.7 Å². The van der Waals surface area contributed by atoms with Crippen LogP contribution in [0.3, 0.4) is 0 Å². The Morgan fingerprint density at radius 1 is 0.957 bits per heavy atom. The molecule has 0 spiro atoms. The molecule has 0 aliphatic carbocycles. The second-order valence-electron chi connectivity index (χ2n) is 10.7. The minimum atomic E-state index is -4.90. The Bertz CT molecular complexity index is 1880. The van der Waals surface area contributed by atoms with Crippen LogP contribution >= 0.6 is 11.3 Å². The number of piperidine rings is 1. The molecule has 0 radical (unpaired) electrons. The maximum absolute atomic E-state index is 13.1. The van der Waals surface area contributed by atoms with Gasteiger partial charge in [0, 0.05) is 37.5 Å². The number of fused-ring (bicyclic) bond motifs is 1. The zero-order valence-corrected chi connectivity index (χ0v) is 25.2. The summed E-state index contributed by atoms with van der Waals surface area (Å²) in [6, 6.07) is 16.5. The fourth-order valence-electron chi connectivity index (χ4n) is 5.27. The molecule has 11 nitrogen and oxygen atoms in total. The van der Waals surface area contributed by atoms with Crippen LogP contribution in [0, 0.1) is 0 Å². The summed E-state index contributed by atoms with van der Waals surface area (Å²) in [7, 11) is 0. The number of carbonyl (C=O) groups is 2. The number of pyridine rings is 1. The number of nitrogens with zero attached hydrogens (tertiary/aromatic N) is 6. The quantitative estimate of drug-likeness (QED) is 0.209. The number of amides is 2. The van der Waals surface area contributed by atoms with Crippen LogP contribution in [0.25, 0.3) is 22.0 Å². The van der Waals surface area contributed by atoms with Crippen LogP contribution in [0.5, 0.6) is 5.75 Å². The Kier molecular flexibility index (Phi) is 8.74. The van der Waals surface area contributed by atoms with Gasteiger partial charge in [-0.15, -0.1) is 33.6 Å². The minimum Gasteiger partial charge on any atom is -0.406 e. The van der Waals surface area contributed by atoms with E-state index >= 15 is 0 Å². The molecular weight excluding hydrogens is 621 g/mol. The molecule has 6 rings (SSSR count). The van der Waals surface area contributed by atoms with Crippen molar-refractivity contribution in [2.24, 2.45) is 0 Å². The second-order valence-corrected chi connectivity index (χ2v) is 11.7. The number of rotatable bonds is 8. The van der Waals surface area contributed by atoms with E-state index in [1.807, 2.05) is 12.1 Å². The zero-order chi connectivity index (χ0) is 32.3. The van der Waals surface area contributed by atoms with Gasteiger partial charge in [0.1, 0.15) is 10.8 Å². The molecule has 3 aromatic heterocycles. The van der Waals surface area contributed by atoms with Crippen molar-refractivity contribution in [3.63, 3.8) is 0 Å². The van der Waals surface area contributed by atoms with Gasteiger partial charge < -0.3 is 20.3 Å². The van der Waals surface area contributed by atoms with Crippen molar-refractivity contribution in [1.82, 2.24) is 25.4 Å². The normalized spacial score (nSPS) is 13.9. The van der Waals surface area contributed by atoms with Gasteiger partial charge in [-0.1, -0.05) is 29.5 Å². The summed E-state index contributed by atoms with van der Waals surface area (Å²) in [5.41, 5.74) is 2.19. The first-order chi connectivity index (χ1) is 22.1. The van der Waals surface area contributed by atoms with Crippen molar-refractivity contribution in [1.29, 1.82) is 0 Å². The first-order valence-corrected chi connectivity index (χ1v) is 15.1. The number of benzene rings is 2. The van der Waals surface area contributed by atoms with Crippen molar-refractivity contribution >= 4 is 50.8 Å². The van der Waals surface area contributed by atoms with Gasteiger partial charge in [0.25, 0.3) is 0 Å². The highest BCUT2D eigenvalue weighted by atomic mass is 32.1. The number of carbonyl (C=O) groups excluding carboxylic acids is 2. The molecule has 4 heterocycles. The maximum Gasteiger partial charge on any atom is 0.573 e. The van der Waals surface area contributed by atoms with Gasteiger partial charge >= 0.3 is 6.36 Å². The lowest BCUT2D eigenvalue weighted by molar-refractivity contribution is -0.274. The minimum absolute atomic E-state index is 0.190. The van der Waals surface area contributed by atoms with Crippen LogP contribution < -0.4 is 20.3 Å². The molecule has 0 atom stereocenters. The molecule has 2 N–H and O–H groups in total. The van der Waals surface area contributed by atoms with Crippen LogP contribution in [-0.2, 0) is 16.0 Å². The highest BCUT2D eigenvalue weighted by Crippen LogP contribution is 2.34. The fourth-order valence-corrected chi connectivity index (χ4v) is 6.22. The number of hydrogen-bond acceptors (Lipinski definition) is 10. The number of nitrogens with one attached hydrogen (secondary N) is 2. The zero-order valence-electron chi connectivity index (χ0n) is 24.4. The van der Waals surface area contributed by atoms with Crippen LogP contribution in [0.1, 0.15) is 36.3 Å². The second kappa shape index (κ2) is 13.0. The lowest BCUT2D eigenvalue weighted by atomic mass is 9.98. The molecule has 1 fully saturated rings. The summed E-state index contributed by atoms with van der Waals surface area (Å²) in [6.07, 6.45) is -1.81. The number of aromatic nitrogens is 5. The van der Waals surface area contributed by atoms with Crippen LogP contribution in [0.15, 0.2) is 66.9 Å². The van der Waals surface area contributed by atoms with Crippen molar-refractivity contribution in [3.05, 3.63) is 77.4 Å². The van der Waals surface area contributed by atoms with Gasteiger partial charge in [-0.2, -0.15) is 0 Å². The maximum atomic E-state index is 13.1. The first-order valence-electron chi connectivity index (χ1n) is 14.3. The average Bonchev–Trinajstić information content (AvgIpc) is 3.48. The number of anilines is 3. The Balaban J connectivity index is 1.10. The van der Waals surface area contributed by atoms with Gasteiger partial charge in [0.15, 0.2) is 11.6 Å². The number of hydrogen-bond donors (Lipinski definition) is 2. The van der Waals surface area contributed by atoms with E-state index in [-0.39, 0.29) is 24.1 Å². The summed E-state index contributed by atoms with van der Waals surface area (Å²) in [6.45, 7) is 2.85. The summed E-state index contributed by atoms with van der Waals surface area (Å²) in [5.74, 6) is 0.00163. The van der Waals surface area contributed by atoms with Crippen molar-refractivity contribution in [2.45, 2.75) is 38.5 Å². The van der Waals surface area contributed by atoms with E-state index in [4.69, 9.17) is 0 Å². The highest BCUT2D eigenvalue weighted by molar-refractivity contribution is 7.15. The summed E-state index contributed by atoms with van der Waals surface area (Å²) >= 11 is 1.38. The van der Waals surface area contributed by atoms with Gasteiger partial charge in [0.2, 0.25) is 16.9 Å². The van der Waals surface area contributed by atoms with Crippen molar-refractivity contribution < 1.29 is 27.5 Å². The number of alkyl halides is 3. The van der Waals surface area contributed by atoms with E-state index in [1.54, 1.807) is 42.6 Å². The fraction of sp³-hybridized carbons (Fsp3) is 0.258. The molecule has 2 amide bonds. The van der Waals surface area contributed by atoms with Crippen molar-refractivity contribution in [3.8, 4) is 16.9 Å². The average molecular weight is 649 g/mol. The third kappa shape index (κ3) is 7.72. The Hall–Kier alpha value is -5.18. The molecule has 0 bridgehead atoms. The van der Waals surface area contributed by atoms with Gasteiger partial charge in [0.05, 0.1) is 11.9 Å². The highest BCUT2D eigenvalue weighted by Gasteiger charge is 2.31. The monoisotopic (exact) mass is 648 g/mol. The summed E-state index contributed by atoms with van der Waals surface area (Å²) in [4.78, 5) is 30.5. The van der Waals surface area contributed by atoms with Crippen molar-refractivity contribution in [2.75, 3.05) is 28.6 Å². The van der Waals surface area contributed by atoms with Crippen LogP contribution in [-0.4, -0.2) is 56.6 Å². The first kappa shape index (κ1) is 30.8. The van der Waals surface area contributed by atoms with E-state index < -0.39 is 18.0 Å². The lowest BCUT2D eigenvalue weighted by Gasteiger charge is -2.31. The van der Waals surface area contributed by atoms with Gasteiger partial charge in [-0.25, -0.2) is 0 Å². The molecule has 15 heteroatoms. The van der Waals surface area contributed by atoms with E-state index in [1.165, 1.54) is 30.4 Å². The molecule has 1 aliphatic heterocycles. The van der Waals surface area contributed by atoms with Gasteiger partial charge in [-0.05, 0) is 72.0 Å². The molecule has 0 saturated carbocycles. The molecule has 1 saturated heterocycles. The Morgan fingerprint density at radius 3 is 2.52 bits per heavy atom.